The molecule has 1 aliphatic rings. The minimum absolute atomic E-state index is 0.0770. The van der Waals surface area contributed by atoms with Gasteiger partial charge in [-0.2, -0.15) is 4.31 Å². The molecule has 0 radical (unpaired) electrons. The van der Waals surface area contributed by atoms with Crippen LogP contribution in [0.1, 0.15) is 48.2 Å². The van der Waals surface area contributed by atoms with Crippen molar-refractivity contribution < 1.29 is 13.2 Å². The maximum atomic E-state index is 12.7. The van der Waals surface area contributed by atoms with Crippen LogP contribution in [0.25, 0.3) is 0 Å². The van der Waals surface area contributed by atoms with Crippen LogP contribution in [0, 0.1) is 20.8 Å². The zero-order valence-corrected chi connectivity index (χ0v) is 18.2. The normalized spacial score (nSPS) is 15.3. The van der Waals surface area contributed by atoms with E-state index in [1.54, 1.807) is 28.6 Å². The number of pyridine rings is 1. The van der Waals surface area contributed by atoms with E-state index in [0.717, 1.165) is 47.5 Å². The Bertz CT molecular complexity index is 956. The van der Waals surface area contributed by atoms with Crippen LogP contribution >= 0.6 is 0 Å². The van der Waals surface area contributed by atoms with Crippen LogP contribution in [-0.4, -0.2) is 36.7 Å². The first-order valence-corrected chi connectivity index (χ1v) is 11.5. The van der Waals surface area contributed by atoms with E-state index in [2.05, 4.69) is 10.3 Å². The third-order valence-corrected chi connectivity index (χ3v) is 7.22. The largest absolute Gasteiger partial charge is 0.324 e. The third-order valence-electron chi connectivity index (χ3n) is 5.31. The van der Waals surface area contributed by atoms with E-state index in [1.807, 2.05) is 26.8 Å². The molecule has 7 heteroatoms. The number of aryl methyl sites for hydroxylation is 4. The number of sulfonamides is 1. The Balaban J connectivity index is 1.60. The fourth-order valence-corrected chi connectivity index (χ4v) is 5.27. The first-order valence-electron chi connectivity index (χ1n) is 10.1. The summed E-state index contributed by atoms with van der Waals surface area (Å²) < 4.78 is 27.0. The van der Waals surface area contributed by atoms with Crippen molar-refractivity contribution in [3.05, 3.63) is 52.8 Å². The zero-order valence-electron chi connectivity index (χ0n) is 17.4. The van der Waals surface area contributed by atoms with Crippen molar-refractivity contribution in [1.29, 1.82) is 0 Å². The van der Waals surface area contributed by atoms with E-state index < -0.39 is 10.0 Å². The average molecular weight is 416 g/mol. The molecule has 156 valence electrons. The average Bonchev–Trinajstić information content (AvgIpc) is 2.70. The number of hydrogen-bond donors (Lipinski definition) is 1. The van der Waals surface area contributed by atoms with E-state index in [4.69, 9.17) is 0 Å². The SMILES string of the molecule is Cc1cc(C)c(NC(=O)CCc2ccc(S(=O)(=O)N3CCCCC3)cc2)c(C)n1. The lowest BCUT2D eigenvalue weighted by Crippen LogP contribution is -2.35. The molecular formula is C22H29N3O3S. The van der Waals surface area contributed by atoms with Gasteiger partial charge in [0.1, 0.15) is 0 Å². The van der Waals surface area contributed by atoms with Gasteiger partial charge in [-0.25, -0.2) is 8.42 Å². The van der Waals surface area contributed by atoms with E-state index >= 15 is 0 Å². The highest BCUT2D eigenvalue weighted by atomic mass is 32.2. The molecule has 1 fully saturated rings. The van der Waals surface area contributed by atoms with Crippen LogP contribution < -0.4 is 5.32 Å². The number of rotatable bonds is 6. The number of aromatic nitrogens is 1. The highest BCUT2D eigenvalue weighted by Gasteiger charge is 2.25. The molecule has 3 rings (SSSR count). The number of hydrogen-bond acceptors (Lipinski definition) is 4. The summed E-state index contributed by atoms with van der Waals surface area (Å²) in [6.07, 6.45) is 3.80. The molecule has 0 spiro atoms. The number of amides is 1. The Morgan fingerprint density at radius 3 is 2.34 bits per heavy atom. The number of benzene rings is 1. The maximum Gasteiger partial charge on any atom is 0.243 e. The van der Waals surface area contributed by atoms with Gasteiger partial charge in [-0.3, -0.25) is 9.78 Å². The summed E-state index contributed by atoms with van der Waals surface area (Å²) >= 11 is 0. The van der Waals surface area contributed by atoms with Gasteiger partial charge in [-0.1, -0.05) is 18.6 Å². The lowest BCUT2D eigenvalue weighted by molar-refractivity contribution is -0.116. The van der Waals surface area contributed by atoms with Crippen molar-refractivity contribution in [3.8, 4) is 0 Å². The summed E-state index contributed by atoms with van der Waals surface area (Å²) in [5.74, 6) is -0.0770. The second-order valence-electron chi connectivity index (χ2n) is 7.70. The second kappa shape index (κ2) is 9.05. The summed E-state index contributed by atoms with van der Waals surface area (Å²) in [4.78, 5) is 17.1. The molecule has 2 heterocycles. The summed E-state index contributed by atoms with van der Waals surface area (Å²) in [6, 6.07) is 8.84. The first kappa shape index (κ1) is 21.5. The van der Waals surface area contributed by atoms with Gasteiger partial charge in [0.15, 0.2) is 0 Å². The summed E-state index contributed by atoms with van der Waals surface area (Å²) in [5.41, 5.74) is 4.44. The number of carbonyl (C=O) groups excluding carboxylic acids is 1. The van der Waals surface area contributed by atoms with Crippen molar-refractivity contribution in [1.82, 2.24) is 9.29 Å². The van der Waals surface area contributed by atoms with Crippen LogP contribution in [-0.2, 0) is 21.2 Å². The molecule has 2 aromatic rings. The smallest absolute Gasteiger partial charge is 0.243 e. The minimum Gasteiger partial charge on any atom is -0.324 e. The second-order valence-corrected chi connectivity index (χ2v) is 9.64. The van der Waals surface area contributed by atoms with Crippen molar-refractivity contribution in [2.24, 2.45) is 0 Å². The summed E-state index contributed by atoms with van der Waals surface area (Å²) in [7, 11) is -3.42. The molecule has 0 atom stereocenters. The summed E-state index contributed by atoms with van der Waals surface area (Å²) in [6.45, 7) is 6.96. The number of piperidine rings is 1. The lowest BCUT2D eigenvalue weighted by atomic mass is 10.1. The van der Waals surface area contributed by atoms with Crippen molar-refractivity contribution in [2.75, 3.05) is 18.4 Å². The molecule has 1 aliphatic heterocycles. The lowest BCUT2D eigenvalue weighted by Gasteiger charge is -2.25. The Labute approximate surface area is 173 Å². The maximum absolute atomic E-state index is 12.7. The Kier molecular flexibility index (Phi) is 6.70. The molecule has 1 saturated heterocycles. The van der Waals surface area contributed by atoms with E-state index in [1.165, 1.54) is 0 Å². The molecule has 1 aromatic carbocycles. The summed E-state index contributed by atoms with van der Waals surface area (Å²) in [5, 5.41) is 2.95. The minimum atomic E-state index is -3.42. The van der Waals surface area contributed by atoms with E-state index in [9.17, 15) is 13.2 Å². The van der Waals surface area contributed by atoms with Crippen LogP contribution in [0.3, 0.4) is 0 Å². The molecule has 29 heavy (non-hydrogen) atoms. The molecule has 1 amide bonds. The van der Waals surface area contributed by atoms with Gasteiger partial charge >= 0.3 is 0 Å². The quantitative estimate of drug-likeness (QED) is 0.779. The van der Waals surface area contributed by atoms with Gasteiger partial charge in [-0.15, -0.1) is 0 Å². The molecule has 0 bridgehead atoms. The van der Waals surface area contributed by atoms with Gasteiger partial charge in [0.2, 0.25) is 15.9 Å². The fourth-order valence-electron chi connectivity index (χ4n) is 3.75. The monoisotopic (exact) mass is 415 g/mol. The van der Waals surface area contributed by atoms with Gasteiger partial charge in [0.25, 0.3) is 0 Å². The van der Waals surface area contributed by atoms with Gasteiger partial charge in [0.05, 0.1) is 16.3 Å². The molecule has 0 unspecified atom stereocenters. The highest BCUT2D eigenvalue weighted by molar-refractivity contribution is 7.89. The Morgan fingerprint density at radius 2 is 1.72 bits per heavy atom. The molecule has 1 N–H and O–H groups in total. The zero-order chi connectivity index (χ0) is 21.0. The van der Waals surface area contributed by atoms with Crippen molar-refractivity contribution in [2.45, 2.75) is 57.8 Å². The van der Waals surface area contributed by atoms with Crippen LogP contribution in [0.2, 0.25) is 0 Å². The highest BCUT2D eigenvalue weighted by Crippen LogP contribution is 2.22. The number of nitrogens with zero attached hydrogens (tertiary/aromatic N) is 2. The standard InChI is InChI=1S/C22H29N3O3S/c1-16-15-17(2)23-18(3)22(16)24-21(26)12-9-19-7-10-20(11-8-19)29(27,28)25-13-5-4-6-14-25/h7-8,10-11,15H,4-6,9,12-14H2,1-3H3,(H,24,26). The molecule has 0 saturated carbocycles. The predicted octanol–water partition coefficient (Wildman–Crippen LogP) is 3.75. The van der Waals surface area contributed by atoms with Gasteiger partial charge in [0, 0.05) is 25.2 Å². The number of nitrogens with one attached hydrogen (secondary N) is 1. The van der Waals surface area contributed by atoms with E-state index in [-0.39, 0.29) is 5.91 Å². The molecule has 0 aliphatic carbocycles. The number of carbonyl (C=O) groups is 1. The van der Waals surface area contributed by atoms with Crippen molar-refractivity contribution >= 4 is 21.6 Å². The van der Waals surface area contributed by atoms with Gasteiger partial charge < -0.3 is 5.32 Å². The Morgan fingerprint density at radius 1 is 1.07 bits per heavy atom. The van der Waals surface area contributed by atoms with Crippen LogP contribution in [0.15, 0.2) is 35.2 Å². The van der Waals surface area contributed by atoms with Crippen molar-refractivity contribution in [3.63, 3.8) is 0 Å². The molecule has 6 nitrogen and oxygen atoms in total. The van der Waals surface area contributed by atoms with Crippen LogP contribution in [0.4, 0.5) is 5.69 Å². The molecule has 1 aromatic heterocycles. The third kappa shape index (κ3) is 5.22. The van der Waals surface area contributed by atoms with Gasteiger partial charge in [-0.05, 0) is 69.4 Å². The van der Waals surface area contributed by atoms with E-state index in [0.29, 0.717) is 30.8 Å². The first-order chi connectivity index (χ1) is 13.8. The predicted molar refractivity (Wildman–Crippen MR) is 114 cm³/mol. The Hall–Kier alpha value is -2.25. The molecular weight excluding hydrogens is 386 g/mol. The van der Waals surface area contributed by atoms with Crippen LogP contribution in [0.5, 0.6) is 0 Å². The topological polar surface area (TPSA) is 79.4 Å². The fraction of sp³-hybridized carbons (Fsp3) is 0.455. The number of anilines is 1.